The number of hydrogen-bond acceptors (Lipinski definition) is 3. The molecule has 0 radical (unpaired) electrons. The number of benzene rings is 1. The normalized spacial score (nSPS) is 12.4. The monoisotopic (exact) mass is 286 g/mol. The first-order valence-electron chi connectivity index (χ1n) is 7.10. The van der Waals surface area contributed by atoms with Crippen molar-refractivity contribution >= 4 is 5.78 Å². The minimum Gasteiger partial charge on any atom is -0.496 e. The van der Waals surface area contributed by atoms with Crippen LogP contribution < -0.4 is 4.74 Å². The Bertz CT molecular complexity index is 578. The maximum atomic E-state index is 12.1. The fraction of sp³-hybridized carbons (Fsp3) is 0.353. The van der Waals surface area contributed by atoms with E-state index >= 15 is 0 Å². The van der Waals surface area contributed by atoms with Crippen molar-refractivity contribution in [1.82, 2.24) is 9.88 Å². The minimum absolute atomic E-state index is 0.106. The molecular weight excluding hydrogens is 264 g/mol. The Kier molecular flexibility index (Phi) is 5.17. The summed E-state index contributed by atoms with van der Waals surface area (Å²) < 4.78 is 5.38. The number of aromatic amines is 1. The van der Waals surface area contributed by atoms with Gasteiger partial charge in [-0.3, -0.25) is 9.69 Å². The lowest BCUT2D eigenvalue weighted by atomic mass is 10.0. The van der Waals surface area contributed by atoms with Crippen molar-refractivity contribution in [2.45, 2.75) is 19.4 Å². The van der Waals surface area contributed by atoms with Crippen LogP contribution in [0.25, 0.3) is 0 Å². The van der Waals surface area contributed by atoms with Gasteiger partial charge in [-0.15, -0.1) is 0 Å². The van der Waals surface area contributed by atoms with E-state index in [4.69, 9.17) is 4.74 Å². The predicted octanol–water partition coefficient (Wildman–Crippen LogP) is 2.77. The highest BCUT2D eigenvalue weighted by molar-refractivity contribution is 5.95. The zero-order valence-corrected chi connectivity index (χ0v) is 12.8. The highest BCUT2D eigenvalue weighted by Gasteiger charge is 2.16. The SMILES string of the molecule is COc1ccccc1CC(C)N(C)CC(=O)c1ccc[nH]1. The molecule has 4 nitrogen and oxygen atoms in total. The van der Waals surface area contributed by atoms with Crippen LogP contribution in [0.3, 0.4) is 0 Å². The lowest BCUT2D eigenvalue weighted by molar-refractivity contribution is 0.0920. The summed E-state index contributed by atoms with van der Waals surface area (Å²) in [5.74, 6) is 1.00. The molecule has 0 spiro atoms. The number of aromatic nitrogens is 1. The number of carbonyl (C=O) groups is 1. The van der Waals surface area contributed by atoms with Crippen LogP contribution in [0.5, 0.6) is 5.75 Å². The van der Waals surface area contributed by atoms with Gasteiger partial charge in [-0.05, 0) is 44.2 Å². The van der Waals surface area contributed by atoms with Crippen LogP contribution in [0.2, 0.25) is 0 Å². The number of methoxy groups -OCH3 is 1. The van der Waals surface area contributed by atoms with Gasteiger partial charge in [-0.1, -0.05) is 18.2 Å². The van der Waals surface area contributed by atoms with E-state index in [-0.39, 0.29) is 11.8 Å². The Hall–Kier alpha value is -2.07. The summed E-state index contributed by atoms with van der Waals surface area (Å²) in [6.07, 6.45) is 2.62. The molecule has 0 bridgehead atoms. The molecule has 0 aliphatic carbocycles. The van der Waals surface area contributed by atoms with Crippen LogP contribution in [0, 0.1) is 0 Å². The van der Waals surface area contributed by atoms with E-state index in [1.54, 1.807) is 19.4 Å². The van der Waals surface area contributed by atoms with Crippen molar-refractivity contribution in [1.29, 1.82) is 0 Å². The van der Waals surface area contributed by atoms with Gasteiger partial charge < -0.3 is 9.72 Å². The largest absolute Gasteiger partial charge is 0.496 e. The van der Waals surface area contributed by atoms with Gasteiger partial charge in [-0.2, -0.15) is 0 Å². The number of hydrogen-bond donors (Lipinski definition) is 1. The number of likely N-dealkylation sites (N-methyl/N-ethyl adjacent to an activating group) is 1. The maximum absolute atomic E-state index is 12.1. The van der Waals surface area contributed by atoms with Gasteiger partial charge in [0.25, 0.3) is 0 Å². The van der Waals surface area contributed by atoms with Crippen LogP contribution in [0.15, 0.2) is 42.6 Å². The van der Waals surface area contributed by atoms with Crippen LogP contribution in [-0.2, 0) is 6.42 Å². The van der Waals surface area contributed by atoms with Gasteiger partial charge in [-0.25, -0.2) is 0 Å². The molecule has 1 unspecified atom stereocenters. The van der Waals surface area contributed by atoms with Crippen LogP contribution >= 0.6 is 0 Å². The van der Waals surface area contributed by atoms with Gasteiger partial charge in [0.05, 0.1) is 19.3 Å². The molecular formula is C17H22N2O2. The lowest BCUT2D eigenvalue weighted by Gasteiger charge is -2.24. The van der Waals surface area contributed by atoms with Crippen molar-refractivity contribution in [3.8, 4) is 5.75 Å². The highest BCUT2D eigenvalue weighted by atomic mass is 16.5. The lowest BCUT2D eigenvalue weighted by Crippen LogP contribution is -2.35. The molecule has 112 valence electrons. The average molecular weight is 286 g/mol. The van der Waals surface area contributed by atoms with E-state index in [9.17, 15) is 4.79 Å². The first kappa shape index (κ1) is 15.3. The van der Waals surface area contributed by atoms with Crippen LogP contribution in [0.1, 0.15) is 23.0 Å². The molecule has 1 atom stereocenters. The summed E-state index contributed by atoms with van der Waals surface area (Å²) in [6, 6.07) is 11.9. The summed E-state index contributed by atoms with van der Waals surface area (Å²) in [6.45, 7) is 2.52. The summed E-state index contributed by atoms with van der Waals surface area (Å²) in [4.78, 5) is 17.1. The smallest absolute Gasteiger partial charge is 0.192 e. The molecule has 1 aromatic heterocycles. The number of ketones is 1. The fourth-order valence-corrected chi connectivity index (χ4v) is 2.32. The molecule has 2 aromatic rings. The molecule has 1 heterocycles. The number of ether oxygens (including phenoxy) is 1. The highest BCUT2D eigenvalue weighted by Crippen LogP contribution is 2.20. The van der Waals surface area contributed by atoms with Crippen molar-refractivity contribution in [2.75, 3.05) is 20.7 Å². The Morgan fingerprint density at radius 2 is 2.05 bits per heavy atom. The Labute approximate surface area is 125 Å². The first-order chi connectivity index (χ1) is 10.1. The molecule has 0 aliphatic heterocycles. The number of nitrogens with one attached hydrogen (secondary N) is 1. The summed E-state index contributed by atoms with van der Waals surface area (Å²) in [5, 5.41) is 0. The number of nitrogens with zero attached hydrogens (tertiary/aromatic N) is 1. The quantitative estimate of drug-likeness (QED) is 0.796. The van der Waals surface area contributed by atoms with E-state index in [1.165, 1.54) is 0 Å². The summed E-state index contributed by atoms with van der Waals surface area (Å²) in [7, 11) is 3.66. The second-order valence-electron chi connectivity index (χ2n) is 5.29. The third-order valence-corrected chi connectivity index (χ3v) is 3.75. The van der Waals surface area contributed by atoms with E-state index in [2.05, 4.69) is 22.9 Å². The Balaban J connectivity index is 1.96. The number of Topliss-reactive ketones (excluding diaryl/α,β-unsaturated/α-hetero) is 1. The van der Waals surface area contributed by atoms with Crippen molar-refractivity contribution in [2.24, 2.45) is 0 Å². The van der Waals surface area contributed by atoms with E-state index in [0.717, 1.165) is 17.7 Å². The molecule has 0 fully saturated rings. The van der Waals surface area contributed by atoms with E-state index in [1.807, 2.05) is 31.3 Å². The van der Waals surface area contributed by atoms with E-state index < -0.39 is 0 Å². The Morgan fingerprint density at radius 1 is 1.29 bits per heavy atom. The predicted molar refractivity (Wildman–Crippen MR) is 83.9 cm³/mol. The average Bonchev–Trinajstić information content (AvgIpc) is 3.02. The number of para-hydroxylation sites is 1. The summed E-state index contributed by atoms with van der Waals surface area (Å²) in [5.41, 5.74) is 1.82. The number of carbonyl (C=O) groups excluding carboxylic acids is 1. The molecule has 2 rings (SSSR count). The zero-order valence-electron chi connectivity index (χ0n) is 12.8. The first-order valence-corrected chi connectivity index (χ1v) is 7.10. The topological polar surface area (TPSA) is 45.3 Å². The van der Waals surface area contributed by atoms with Gasteiger partial charge in [0.15, 0.2) is 5.78 Å². The number of rotatable bonds is 7. The summed E-state index contributed by atoms with van der Waals surface area (Å²) >= 11 is 0. The molecule has 0 saturated heterocycles. The van der Waals surface area contributed by atoms with Crippen molar-refractivity contribution in [3.63, 3.8) is 0 Å². The molecule has 4 heteroatoms. The van der Waals surface area contributed by atoms with Crippen molar-refractivity contribution < 1.29 is 9.53 Å². The van der Waals surface area contributed by atoms with Gasteiger partial charge in [0, 0.05) is 12.2 Å². The van der Waals surface area contributed by atoms with Crippen LogP contribution in [-0.4, -0.2) is 42.4 Å². The van der Waals surface area contributed by atoms with Gasteiger partial charge in [0.1, 0.15) is 5.75 Å². The zero-order chi connectivity index (χ0) is 15.2. The molecule has 0 aliphatic rings. The second-order valence-corrected chi connectivity index (χ2v) is 5.29. The molecule has 21 heavy (non-hydrogen) atoms. The molecule has 1 aromatic carbocycles. The molecule has 1 N–H and O–H groups in total. The minimum atomic E-state index is 0.106. The Morgan fingerprint density at radius 3 is 2.71 bits per heavy atom. The third kappa shape index (κ3) is 3.95. The molecule has 0 saturated carbocycles. The van der Waals surface area contributed by atoms with Gasteiger partial charge in [0.2, 0.25) is 0 Å². The molecule has 0 amide bonds. The maximum Gasteiger partial charge on any atom is 0.192 e. The number of H-pyrrole nitrogens is 1. The fourth-order valence-electron chi connectivity index (χ4n) is 2.32. The van der Waals surface area contributed by atoms with Gasteiger partial charge >= 0.3 is 0 Å². The third-order valence-electron chi connectivity index (χ3n) is 3.75. The standard InChI is InChI=1S/C17H22N2O2/c1-13(11-14-7-4-5-9-17(14)21-3)19(2)12-16(20)15-8-6-10-18-15/h4-10,13,18H,11-12H2,1-3H3. The van der Waals surface area contributed by atoms with E-state index in [0.29, 0.717) is 12.2 Å². The van der Waals surface area contributed by atoms with Crippen molar-refractivity contribution in [3.05, 3.63) is 53.9 Å². The van der Waals surface area contributed by atoms with Crippen LogP contribution in [0.4, 0.5) is 0 Å². The second kappa shape index (κ2) is 7.09.